The predicted octanol–water partition coefficient (Wildman–Crippen LogP) is 3.37. The van der Waals surface area contributed by atoms with Crippen molar-refractivity contribution in [3.8, 4) is 0 Å². The minimum Gasteiger partial charge on any atom is -0.391 e. The minimum atomic E-state index is -3.47. The number of rotatable bonds is 11. The van der Waals surface area contributed by atoms with Crippen LogP contribution < -0.4 is 10.6 Å². The van der Waals surface area contributed by atoms with E-state index in [0.29, 0.717) is 13.0 Å². The lowest BCUT2D eigenvalue weighted by molar-refractivity contribution is -0.125. The Balaban J connectivity index is 2.13. The highest BCUT2D eigenvalue weighted by atomic mass is 32.2. The summed E-state index contributed by atoms with van der Waals surface area (Å²) in [7, 11) is -3.47. The summed E-state index contributed by atoms with van der Waals surface area (Å²) in [6, 6.07) is 14.6. The van der Waals surface area contributed by atoms with E-state index in [1.807, 2.05) is 30.3 Å². The number of hydrogen-bond donors (Lipinski definition) is 3. The molecule has 7 nitrogen and oxygen atoms in total. The third-order valence-electron chi connectivity index (χ3n) is 5.82. The van der Waals surface area contributed by atoms with Crippen LogP contribution in [0.15, 0.2) is 59.5 Å². The average Bonchev–Trinajstić information content (AvgIpc) is 2.77. The number of sulfone groups is 1. The van der Waals surface area contributed by atoms with E-state index in [1.165, 1.54) is 24.3 Å². The Morgan fingerprint density at radius 2 is 1.69 bits per heavy atom. The highest BCUT2D eigenvalue weighted by Gasteiger charge is 2.27. The van der Waals surface area contributed by atoms with E-state index in [0.717, 1.165) is 18.2 Å². The SMILES string of the molecule is CC(CC(O)C(Cc1ccccc1)NC(=O)c1cccc(S(C)(=O)=O)c1)C(=O)NCCC(C)(C)C. The Bertz CT molecular complexity index is 1090. The molecule has 3 N–H and O–H groups in total. The molecule has 0 aliphatic rings. The minimum absolute atomic E-state index is 0.0471. The first-order valence-electron chi connectivity index (χ1n) is 11.9. The molecule has 2 rings (SSSR count). The molecule has 0 bridgehead atoms. The molecule has 2 aromatic carbocycles. The van der Waals surface area contributed by atoms with Crippen molar-refractivity contribution >= 4 is 21.7 Å². The number of hydrogen-bond acceptors (Lipinski definition) is 5. The molecule has 3 unspecified atom stereocenters. The number of aliphatic hydroxyl groups is 1. The summed E-state index contributed by atoms with van der Waals surface area (Å²) in [6.07, 6.45) is 1.47. The number of carbonyl (C=O) groups excluding carboxylic acids is 2. The van der Waals surface area contributed by atoms with Crippen LogP contribution in [0.1, 0.15) is 56.5 Å². The average molecular weight is 503 g/mol. The molecule has 0 fully saturated rings. The van der Waals surface area contributed by atoms with Crippen LogP contribution in [0.25, 0.3) is 0 Å². The molecule has 0 heterocycles. The van der Waals surface area contributed by atoms with Crippen LogP contribution in [0.4, 0.5) is 0 Å². The molecule has 3 atom stereocenters. The standard InChI is InChI=1S/C27H38N2O5S/c1-19(25(31)28-15-14-27(2,3)4)16-24(30)23(17-20-10-7-6-8-11-20)29-26(32)21-12-9-13-22(18-21)35(5,33)34/h6-13,18-19,23-24,30H,14-17H2,1-5H3,(H,28,31)(H,29,32). The molecule has 0 aliphatic heterocycles. The first kappa shape index (κ1) is 28.5. The van der Waals surface area contributed by atoms with Crippen LogP contribution in [-0.4, -0.2) is 50.3 Å². The molecule has 192 valence electrons. The monoisotopic (exact) mass is 502 g/mol. The predicted molar refractivity (Wildman–Crippen MR) is 138 cm³/mol. The Hall–Kier alpha value is -2.71. The van der Waals surface area contributed by atoms with Gasteiger partial charge >= 0.3 is 0 Å². The summed E-state index contributed by atoms with van der Waals surface area (Å²) in [5.41, 5.74) is 1.21. The van der Waals surface area contributed by atoms with Gasteiger partial charge in [-0.2, -0.15) is 0 Å². The van der Waals surface area contributed by atoms with Crippen molar-refractivity contribution in [1.82, 2.24) is 10.6 Å². The van der Waals surface area contributed by atoms with Crippen LogP contribution in [-0.2, 0) is 21.1 Å². The van der Waals surface area contributed by atoms with Crippen molar-refractivity contribution in [2.75, 3.05) is 12.8 Å². The number of amides is 2. The molecule has 0 aliphatic carbocycles. The lowest BCUT2D eigenvalue weighted by Gasteiger charge is -2.27. The second kappa shape index (κ2) is 12.3. The Kier molecular flexibility index (Phi) is 10.0. The first-order valence-corrected chi connectivity index (χ1v) is 13.8. The molecule has 2 aromatic rings. The van der Waals surface area contributed by atoms with Gasteiger partial charge in [0, 0.05) is 24.3 Å². The summed E-state index contributed by atoms with van der Waals surface area (Å²) < 4.78 is 23.8. The molecule has 2 amide bonds. The van der Waals surface area contributed by atoms with Crippen molar-refractivity contribution in [2.45, 2.75) is 64.0 Å². The van der Waals surface area contributed by atoms with E-state index in [9.17, 15) is 23.1 Å². The second-order valence-corrected chi connectivity index (χ2v) is 12.4. The van der Waals surface area contributed by atoms with Gasteiger partial charge in [0.2, 0.25) is 5.91 Å². The lowest BCUT2D eigenvalue weighted by Crippen LogP contribution is -2.46. The van der Waals surface area contributed by atoms with Crippen LogP contribution >= 0.6 is 0 Å². The second-order valence-electron chi connectivity index (χ2n) is 10.4. The summed E-state index contributed by atoms with van der Waals surface area (Å²) in [5.74, 6) is -1.08. The van der Waals surface area contributed by atoms with E-state index >= 15 is 0 Å². The molecule has 8 heteroatoms. The zero-order valence-corrected chi connectivity index (χ0v) is 22.1. The Morgan fingerprint density at radius 3 is 2.29 bits per heavy atom. The van der Waals surface area contributed by atoms with Crippen LogP contribution in [0.5, 0.6) is 0 Å². The summed E-state index contributed by atoms with van der Waals surface area (Å²) in [6.45, 7) is 8.63. The number of aliphatic hydroxyl groups excluding tert-OH is 1. The fraction of sp³-hybridized carbons (Fsp3) is 0.481. The summed E-state index contributed by atoms with van der Waals surface area (Å²) in [5, 5.41) is 16.8. The largest absolute Gasteiger partial charge is 0.391 e. The molecule has 0 radical (unpaired) electrons. The van der Waals surface area contributed by atoms with Crippen molar-refractivity contribution in [1.29, 1.82) is 0 Å². The van der Waals surface area contributed by atoms with Gasteiger partial charge in [0.25, 0.3) is 5.91 Å². The van der Waals surface area contributed by atoms with E-state index in [-0.39, 0.29) is 28.2 Å². The summed E-state index contributed by atoms with van der Waals surface area (Å²) >= 11 is 0. The topological polar surface area (TPSA) is 113 Å². The fourth-order valence-corrected chi connectivity index (χ4v) is 4.31. The van der Waals surface area contributed by atoms with Crippen LogP contribution in [0.2, 0.25) is 0 Å². The number of nitrogens with one attached hydrogen (secondary N) is 2. The molecule has 0 saturated carbocycles. The van der Waals surface area contributed by atoms with E-state index < -0.39 is 33.8 Å². The molecule has 0 aromatic heterocycles. The quantitative estimate of drug-likeness (QED) is 0.436. The number of benzene rings is 2. The smallest absolute Gasteiger partial charge is 0.251 e. The molecular formula is C27H38N2O5S. The molecule has 0 saturated heterocycles. The third-order valence-corrected chi connectivity index (χ3v) is 6.93. The van der Waals surface area contributed by atoms with Crippen molar-refractivity contribution in [2.24, 2.45) is 11.3 Å². The zero-order valence-electron chi connectivity index (χ0n) is 21.2. The van der Waals surface area contributed by atoms with Crippen molar-refractivity contribution < 1.29 is 23.1 Å². The van der Waals surface area contributed by atoms with Gasteiger partial charge in [0.05, 0.1) is 17.0 Å². The van der Waals surface area contributed by atoms with Gasteiger partial charge in [0.15, 0.2) is 9.84 Å². The van der Waals surface area contributed by atoms with Gasteiger partial charge in [-0.15, -0.1) is 0 Å². The third kappa shape index (κ3) is 9.82. The van der Waals surface area contributed by atoms with Gasteiger partial charge in [0.1, 0.15) is 0 Å². The molecular weight excluding hydrogens is 464 g/mol. The molecule has 0 spiro atoms. The van der Waals surface area contributed by atoms with Gasteiger partial charge in [-0.1, -0.05) is 64.1 Å². The van der Waals surface area contributed by atoms with E-state index in [4.69, 9.17) is 0 Å². The van der Waals surface area contributed by atoms with Crippen LogP contribution in [0, 0.1) is 11.3 Å². The maximum atomic E-state index is 13.0. The van der Waals surface area contributed by atoms with E-state index in [2.05, 4.69) is 31.4 Å². The highest BCUT2D eigenvalue weighted by Crippen LogP contribution is 2.18. The zero-order chi connectivity index (χ0) is 26.2. The Morgan fingerprint density at radius 1 is 1.03 bits per heavy atom. The maximum absolute atomic E-state index is 13.0. The van der Waals surface area contributed by atoms with Gasteiger partial charge < -0.3 is 15.7 Å². The lowest BCUT2D eigenvalue weighted by atomic mass is 9.91. The highest BCUT2D eigenvalue weighted by molar-refractivity contribution is 7.90. The Labute approximate surface area is 209 Å². The van der Waals surface area contributed by atoms with Gasteiger partial charge in [-0.25, -0.2) is 8.42 Å². The fourth-order valence-electron chi connectivity index (χ4n) is 3.64. The normalized spacial score (nSPS) is 14.6. The van der Waals surface area contributed by atoms with Gasteiger partial charge in [-0.05, 0) is 48.4 Å². The first-order chi connectivity index (χ1) is 16.3. The summed E-state index contributed by atoms with van der Waals surface area (Å²) in [4.78, 5) is 25.6. The van der Waals surface area contributed by atoms with Crippen molar-refractivity contribution in [3.63, 3.8) is 0 Å². The maximum Gasteiger partial charge on any atom is 0.251 e. The number of carbonyl (C=O) groups is 2. The van der Waals surface area contributed by atoms with Gasteiger partial charge in [-0.3, -0.25) is 9.59 Å². The molecule has 35 heavy (non-hydrogen) atoms. The van der Waals surface area contributed by atoms with E-state index in [1.54, 1.807) is 6.92 Å². The van der Waals surface area contributed by atoms with Crippen molar-refractivity contribution in [3.05, 3.63) is 65.7 Å². The van der Waals surface area contributed by atoms with Crippen LogP contribution in [0.3, 0.4) is 0 Å².